The molecule has 3 N–H and O–H groups in total. The maximum Gasteiger partial charge on any atom is 0.00991 e. The average Bonchev–Trinajstić information content (AvgIpc) is 1.84. The van der Waals surface area contributed by atoms with Crippen molar-refractivity contribution in [1.82, 2.24) is 5.32 Å². The molecule has 0 radical (unpaired) electrons. The van der Waals surface area contributed by atoms with E-state index in [4.69, 9.17) is 5.73 Å². The molecular weight excluding hydrogens is 136 g/mol. The van der Waals surface area contributed by atoms with E-state index < -0.39 is 0 Å². The second kappa shape index (κ2) is 3.55. The lowest BCUT2D eigenvalue weighted by atomic mass is 9.86. The summed E-state index contributed by atoms with van der Waals surface area (Å²) < 4.78 is 0. The molecule has 0 heterocycles. The number of rotatable bonds is 3. The molecule has 0 aromatic carbocycles. The lowest BCUT2D eigenvalue weighted by Gasteiger charge is -2.36. The van der Waals surface area contributed by atoms with Gasteiger partial charge in [-0.15, -0.1) is 0 Å². The molecule has 1 saturated carbocycles. The van der Waals surface area contributed by atoms with Crippen molar-refractivity contribution in [2.24, 2.45) is 11.7 Å². The van der Waals surface area contributed by atoms with E-state index in [2.05, 4.69) is 26.1 Å². The van der Waals surface area contributed by atoms with Crippen LogP contribution in [0, 0.1) is 5.92 Å². The van der Waals surface area contributed by atoms with E-state index in [1.165, 1.54) is 0 Å². The van der Waals surface area contributed by atoms with E-state index in [0.717, 1.165) is 18.8 Å². The Hall–Kier alpha value is -0.0800. The van der Waals surface area contributed by atoms with Crippen LogP contribution in [0.2, 0.25) is 0 Å². The van der Waals surface area contributed by atoms with Crippen LogP contribution in [-0.4, -0.2) is 18.1 Å². The highest BCUT2D eigenvalue weighted by Gasteiger charge is 2.26. The predicted octanol–water partition coefficient (Wildman–Crippen LogP) is 1.11. The number of nitrogens with one attached hydrogen (secondary N) is 1. The summed E-state index contributed by atoms with van der Waals surface area (Å²) in [5.74, 6) is 0.729. The van der Waals surface area contributed by atoms with Gasteiger partial charge < -0.3 is 11.1 Å². The largest absolute Gasteiger partial charge is 0.328 e. The van der Waals surface area contributed by atoms with Crippen LogP contribution in [0.3, 0.4) is 0 Å². The maximum absolute atomic E-state index is 5.68. The van der Waals surface area contributed by atoms with Gasteiger partial charge in [0.2, 0.25) is 0 Å². The molecule has 1 atom stereocenters. The summed E-state index contributed by atoms with van der Waals surface area (Å²) in [6.45, 7) is 6.74. The molecule has 1 rings (SSSR count). The van der Waals surface area contributed by atoms with Crippen molar-refractivity contribution >= 4 is 0 Å². The van der Waals surface area contributed by atoms with Gasteiger partial charge in [0.1, 0.15) is 0 Å². The van der Waals surface area contributed by atoms with Gasteiger partial charge in [-0.2, -0.15) is 0 Å². The fourth-order valence-corrected chi connectivity index (χ4v) is 1.36. The van der Waals surface area contributed by atoms with Gasteiger partial charge in [-0.25, -0.2) is 0 Å². The fraction of sp³-hybridized carbons (Fsp3) is 1.00. The monoisotopic (exact) mass is 156 g/mol. The first-order valence-corrected chi connectivity index (χ1v) is 4.61. The first-order valence-electron chi connectivity index (χ1n) is 4.61. The molecule has 0 aromatic rings. The SMILES string of the molecule is CC(C)C(C)NC1CC(N)C1. The fourth-order valence-electron chi connectivity index (χ4n) is 1.36. The zero-order valence-electron chi connectivity index (χ0n) is 7.80. The van der Waals surface area contributed by atoms with Crippen LogP contribution < -0.4 is 11.1 Å². The van der Waals surface area contributed by atoms with E-state index in [1.807, 2.05) is 0 Å². The number of hydrogen-bond donors (Lipinski definition) is 2. The summed E-state index contributed by atoms with van der Waals surface area (Å²) in [6.07, 6.45) is 2.33. The summed E-state index contributed by atoms with van der Waals surface area (Å²) in [4.78, 5) is 0. The molecule has 0 aliphatic heterocycles. The molecule has 0 bridgehead atoms. The van der Waals surface area contributed by atoms with Crippen molar-refractivity contribution in [3.8, 4) is 0 Å². The van der Waals surface area contributed by atoms with Gasteiger partial charge in [0, 0.05) is 18.1 Å². The molecule has 0 amide bonds. The first kappa shape index (κ1) is 9.01. The first-order chi connectivity index (χ1) is 5.09. The Morgan fingerprint density at radius 2 is 1.82 bits per heavy atom. The molecule has 11 heavy (non-hydrogen) atoms. The summed E-state index contributed by atoms with van der Waals surface area (Å²) >= 11 is 0. The molecule has 1 aliphatic carbocycles. The Kier molecular flexibility index (Phi) is 2.90. The Bertz CT molecular complexity index is 117. The van der Waals surface area contributed by atoms with E-state index in [0.29, 0.717) is 18.1 Å². The smallest absolute Gasteiger partial charge is 0.00991 e. The van der Waals surface area contributed by atoms with Crippen molar-refractivity contribution in [2.75, 3.05) is 0 Å². The van der Waals surface area contributed by atoms with Crippen LogP contribution in [-0.2, 0) is 0 Å². The van der Waals surface area contributed by atoms with Gasteiger partial charge in [0.15, 0.2) is 0 Å². The number of nitrogens with two attached hydrogens (primary N) is 1. The summed E-state index contributed by atoms with van der Waals surface area (Å²) in [7, 11) is 0. The van der Waals surface area contributed by atoms with Gasteiger partial charge in [-0.05, 0) is 25.7 Å². The van der Waals surface area contributed by atoms with E-state index in [9.17, 15) is 0 Å². The second-order valence-corrected chi connectivity index (χ2v) is 4.13. The highest BCUT2D eigenvalue weighted by Crippen LogP contribution is 2.18. The molecule has 0 spiro atoms. The predicted molar refractivity (Wildman–Crippen MR) is 48.4 cm³/mol. The van der Waals surface area contributed by atoms with Gasteiger partial charge >= 0.3 is 0 Å². The van der Waals surface area contributed by atoms with E-state index >= 15 is 0 Å². The van der Waals surface area contributed by atoms with Crippen LogP contribution in [0.4, 0.5) is 0 Å². The topological polar surface area (TPSA) is 38.0 Å². The minimum atomic E-state index is 0.465. The third-order valence-electron chi connectivity index (χ3n) is 2.67. The van der Waals surface area contributed by atoms with Crippen molar-refractivity contribution in [3.63, 3.8) is 0 Å². The van der Waals surface area contributed by atoms with Crippen molar-refractivity contribution in [2.45, 2.75) is 51.7 Å². The third-order valence-corrected chi connectivity index (χ3v) is 2.67. The van der Waals surface area contributed by atoms with Gasteiger partial charge in [0.05, 0.1) is 0 Å². The zero-order chi connectivity index (χ0) is 8.43. The number of hydrogen-bond acceptors (Lipinski definition) is 2. The quantitative estimate of drug-likeness (QED) is 0.642. The van der Waals surface area contributed by atoms with Crippen LogP contribution in [0.5, 0.6) is 0 Å². The molecule has 66 valence electrons. The summed E-state index contributed by atoms with van der Waals surface area (Å²) in [5, 5.41) is 3.57. The average molecular weight is 156 g/mol. The zero-order valence-corrected chi connectivity index (χ0v) is 7.80. The third kappa shape index (κ3) is 2.46. The normalized spacial score (nSPS) is 33.5. The lowest BCUT2D eigenvalue weighted by Crippen LogP contribution is -2.52. The van der Waals surface area contributed by atoms with Crippen molar-refractivity contribution < 1.29 is 0 Å². The molecule has 1 unspecified atom stereocenters. The molecule has 1 fully saturated rings. The Labute approximate surface area is 69.5 Å². The molecular formula is C9H20N2. The molecule has 2 heteroatoms. The lowest BCUT2D eigenvalue weighted by molar-refractivity contribution is 0.250. The molecule has 0 aromatic heterocycles. The molecule has 2 nitrogen and oxygen atoms in total. The Morgan fingerprint density at radius 1 is 1.27 bits per heavy atom. The summed E-state index contributed by atoms with van der Waals surface area (Å²) in [6, 6.07) is 1.79. The Balaban J connectivity index is 2.11. The highest BCUT2D eigenvalue weighted by molar-refractivity contribution is 4.89. The maximum atomic E-state index is 5.68. The Morgan fingerprint density at radius 3 is 2.18 bits per heavy atom. The minimum absolute atomic E-state index is 0.465. The van der Waals surface area contributed by atoms with Crippen molar-refractivity contribution in [1.29, 1.82) is 0 Å². The van der Waals surface area contributed by atoms with Gasteiger partial charge in [-0.3, -0.25) is 0 Å². The molecule has 0 saturated heterocycles. The van der Waals surface area contributed by atoms with Crippen molar-refractivity contribution in [3.05, 3.63) is 0 Å². The minimum Gasteiger partial charge on any atom is -0.328 e. The van der Waals surface area contributed by atoms with Crippen LogP contribution >= 0.6 is 0 Å². The van der Waals surface area contributed by atoms with Crippen LogP contribution in [0.1, 0.15) is 33.6 Å². The van der Waals surface area contributed by atoms with Crippen LogP contribution in [0.25, 0.3) is 0 Å². The van der Waals surface area contributed by atoms with E-state index in [1.54, 1.807) is 0 Å². The summed E-state index contributed by atoms with van der Waals surface area (Å²) in [5.41, 5.74) is 5.68. The van der Waals surface area contributed by atoms with Gasteiger partial charge in [-0.1, -0.05) is 13.8 Å². The second-order valence-electron chi connectivity index (χ2n) is 4.13. The standard InChI is InChI=1S/C9H20N2/c1-6(2)7(3)11-9-4-8(10)5-9/h6-9,11H,4-5,10H2,1-3H3. The molecule has 1 aliphatic rings. The van der Waals surface area contributed by atoms with Gasteiger partial charge in [0.25, 0.3) is 0 Å². The highest BCUT2D eigenvalue weighted by atomic mass is 15.0. The van der Waals surface area contributed by atoms with Crippen LogP contribution in [0.15, 0.2) is 0 Å². The van der Waals surface area contributed by atoms with E-state index in [-0.39, 0.29) is 0 Å².